The molecule has 140 valence electrons. The Morgan fingerprint density at radius 2 is 2.19 bits per heavy atom. The maximum absolute atomic E-state index is 13.2. The fraction of sp³-hybridized carbons (Fsp3) is 0.412. The van der Waals surface area contributed by atoms with Crippen LogP contribution in [0.25, 0.3) is 0 Å². The number of fused-ring (bicyclic) bond motifs is 3. The average molecular weight is 367 g/mol. The summed E-state index contributed by atoms with van der Waals surface area (Å²) in [5.41, 5.74) is 4.26. The molecule has 2 aliphatic heterocycles. The third-order valence-electron chi connectivity index (χ3n) is 4.85. The van der Waals surface area contributed by atoms with E-state index in [1.165, 1.54) is 35.4 Å². The van der Waals surface area contributed by atoms with E-state index < -0.39 is 24.0 Å². The third kappa shape index (κ3) is 2.77. The summed E-state index contributed by atoms with van der Waals surface area (Å²) in [5.74, 6) is 0.274. The Balaban J connectivity index is 2.12. The van der Waals surface area contributed by atoms with Crippen molar-refractivity contribution in [3.8, 4) is 0 Å². The van der Waals surface area contributed by atoms with Crippen LogP contribution in [0.2, 0.25) is 0 Å². The minimum Gasteiger partial charge on any atom is -0.403 e. The summed E-state index contributed by atoms with van der Waals surface area (Å²) in [6.45, 7) is 4.02. The van der Waals surface area contributed by atoms with Gasteiger partial charge in [0.2, 0.25) is 0 Å². The number of carbonyl (C=O) groups excluding carboxylic acids is 1. The number of nitrogens with two attached hydrogens (primary N) is 1. The summed E-state index contributed by atoms with van der Waals surface area (Å²) in [7, 11) is 1.49. The van der Waals surface area contributed by atoms with Crippen LogP contribution in [-0.4, -0.2) is 36.2 Å². The van der Waals surface area contributed by atoms with Crippen molar-refractivity contribution in [2.24, 2.45) is 5.73 Å². The predicted octanol–water partition coefficient (Wildman–Crippen LogP) is 2.73. The van der Waals surface area contributed by atoms with Crippen molar-refractivity contribution in [3.05, 3.63) is 37.3 Å². The highest BCUT2D eigenvalue weighted by molar-refractivity contribution is 6.08. The Hall–Kier alpha value is -2.71. The van der Waals surface area contributed by atoms with Gasteiger partial charge < -0.3 is 20.4 Å². The second-order valence-electron chi connectivity index (χ2n) is 6.39. The van der Waals surface area contributed by atoms with Gasteiger partial charge in [-0.15, -0.1) is 0 Å². The molecule has 0 aromatic carbocycles. The molecule has 6 nitrogen and oxygen atoms in total. The predicted molar refractivity (Wildman–Crippen MR) is 93.6 cm³/mol. The molecule has 26 heavy (non-hydrogen) atoms. The number of rotatable bonds is 4. The number of aromatic nitrogens is 1. The first-order chi connectivity index (χ1) is 12.2. The number of hydrogen-bond acceptors (Lipinski definition) is 5. The minimum absolute atomic E-state index is 0.148. The lowest BCUT2D eigenvalue weighted by atomic mass is 9.87. The van der Waals surface area contributed by atoms with E-state index in [0.29, 0.717) is 30.3 Å². The zero-order chi connectivity index (χ0) is 19.1. The van der Waals surface area contributed by atoms with Crippen LogP contribution >= 0.6 is 0 Å². The van der Waals surface area contributed by atoms with E-state index in [-0.39, 0.29) is 6.42 Å². The van der Waals surface area contributed by atoms with Gasteiger partial charge in [-0.3, -0.25) is 4.79 Å². The molecule has 3 rings (SSSR count). The largest absolute Gasteiger partial charge is 0.403 e. The van der Waals surface area contributed by atoms with Crippen LogP contribution in [0.4, 0.5) is 30.5 Å². The molecule has 1 saturated heterocycles. The van der Waals surface area contributed by atoms with Crippen LogP contribution in [0.15, 0.2) is 37.3 Å². The molecule has 1 aromatic rings. The number of halogens is 3. The molecule has 0 aliphatic carbocycles. The van der Waals surface area contributed by atoms with E-state index in [9.17, 15) is 18.0 Å². The Labute approximate surface area is 149 Å². The van der Waals surface area contributed by atoms with E-state index >= 15 is 0 Å². The van der Waals surface area contributed by atoms with Crippen molar-refractivity contribution >= 4 is 23.2 Å². The van der Waals surface area contributed by atoms with Crippen molar-refractivity contribution in [2.75, 3.05) is 28.3 Å². The van der Waals surface area contributed by atoms with Gasteiger partial charge in [-0.05, 0) is 25.0 Å². The zero-order valence-corrected chi connectivity index (χ0v) is 14.3. The lowest BCUT2D eigenvalue weighted by Crippen LogP contribution is -2.61. The van der Waals surface area contributed by atoms with Gasteiger partial charge in [0, 0.05) is 32.2 Å². The van der Waals surface area contributed by atoms with E-state index in [4.69, 9.17) is 5.73 Å². The third-order valence-corrected chi connectivity index (χ3v) is 4.85. The molecule has 0 saturated carbocycles. The van der Waals surface area contributed by atoms with Crippen molar-refractivity contribution < 1.29 is 18.0 Å². The van der Waals surface area contributed by atoms with Crippen LogP contribution < -0.4 is 20.4 Å². The highest BCUT2D eigenvalue weighted by Crippen LogP contribution is 2.49. The van der Waals surface area contributed by atoms with Crippen molar-refractivity contribution in [2.45, 2.75) is 31.0 Å². The van der Waals surface area contributed by atoms with Crippen LogP contribution in [0, 0.1) is 0 Å². The quantitative estimate of drug-likeness (QED) is 0.886. The lowest BCUT2D eigenvalue weighted by Gasteiger charge is -2.46. The normalized spacial score (nSPS) is 22.5. The molecule has 0 spiro atoms. The number of hydrogen-bond donors (Lipinski definition) is 1. The molecular weight excluding hydrogens is 347 g/mol. The van der Waals surface area contributed by atoms with Gasteiger partial charge in [0.15, 0.2) is 5.82 Å². The monoisotopic (exact) mass is 367 g/mol. The number of nitrogens with zero attached hydrogens (tertiary/aromatic N) is 4. The van der Waals surface area contributed by atoms with E-state index in [1.807, 2.05) is 0 Å². The highest BCUT2D eigenvalue weighted by atomic mass is 19.4. The Morgan fingerprint density at radius 3 is 2.81 bits per heavy atom. The summed E-state index contributed by atoms with van der Waals surface area (Å²) in [5, 5.41) is 0. The first-order valence-corrected chi connectivity index (χ1v) is 8.16. The Morgan fingerprint density at radius 1 is 1.46 bits per heavy atom. The molecule has 0 bridgehead atoms. The van der Waals surface area contributed by atoms with E-state index in [1.54, 1.807) is 17.0 Å². The van der Waals surface area contributed by atoms with Gasteiger partial charge >= 0.3 is 6.18 Å². The number of pyridine rings is 1. The SMILES string of the molecule is C=CN(/C=C\N)c1ccc2c(n1)N1CCCC1(CC(F)(F)F)C(=O)N2C. The molecule has 3 heterocycles. The zero-order valence-electron chi connectivity index (χ0n) is 14.3. The summed E-state index contributed by atoms with van der Waals surface area (Å²) in [6, 6.07) is 3.34. The van der Waals surface area contributed by atoms with Gasteiger partial charge in [0.1, 0.15) is 11.4 Å². The molecular formula is C17H20F3N5O. The van der Waals surface area contributed by atoms with E-state index in [2.05, 4.69) is 11.6 Å². The lowest BCUT2D eigenvalue weighted by molar-refractivity contribution is -0.156. The van der Waals surface area contributed by atoms with Gasteiger partial charge in [-0.2, -0.15) is 13.2 Å². The smallest absolute Gasteiger partial charge is 0.391 e. The topological polar surface area (TPSA) is 65.7 Å². The number of carbonyl (C=O) groups is 1. The number of amides is 1. The Bertz CT molecular complexity index is 763. The number of likely N-dealkylation sites (N-methyl/N-ethyl adjacent to an activating group) is 1. The standard InChI is InChI=1S/C17H20F3N5O/c1-3-24(10-8-21)13-6-5-12-14(22-13)25-9-4-7-16(25,11-17(18,19)20)15(26)23(12)2/h3,5-6,8,10H,1,4,7,9,11,21H2,2H3/b10-8-. The number of alkyl halides is 3. The van der Waals surface area contributed by atoms with Crippen LogP contribution in [0.1, 0.15) is 19.3 Å². The maximum Gasteiger partial charge on any atom is 0.391 e. The molecule has 1 aromatic heterocycles. The first kappa shape index (κ1) is 18.1. The summed E-state index contributed by atoms with van der Waals surface area (Å²) >= 11 is 0. The van der Waals surface area contributed by atoms with Crippen LogP contribution in [-0.2, 0) is 4.79 Å². The maximum atomic E-state index is 13.2. The fourth-order valence-corrected chi connectivity index (χ4v) is 3.78. The van der Waals surface area contributed by atoms with Crippen molar-refractivity contribution in [3.63, 3.8) is 0 Å². The second-order valence-corrected chi connectivity index (χ2v) is 6.39. The Kier molecular flexibility index (Phi) is 4.33. The molecule has 1 atom stereocenters. The van der Waals surface area contributed by atoms with Gasteiger partial charge in [-0.1, -0.05) is 6.58 Å². The highest BCUT2D eigenvalue weighted by Gasteiger charge is 2.58. The second kappa shape index (κ2) is 6.22. The molecule has 9 heteroatoms. The van der Waals surface area contributed by atoms with Crippen molar-refractivity contribution in [1.29, 1.82) is 0 Å². The van der Waals surface area contributed by atoms with Crippen LogP contribution in [0.3, 0.4) is 0 Å². The number of anilines is 3. The summed E-state index contributed by atoms with van der Waals surface area (Å²) in [6.07, 6.45) is -0.673. The van der Waals surface area contributed by atoms with E-state index in [0.717, 1.165) is 0 Å². The first-order valence-electron chi connectivity index (χ1n) is 8.16. The minimum atomic E-state index is -4.45. The fourth-order valence-electron chi connectivity index (χ4n) is 3.78. The molecule has 1 unspecified atom stereocenters. The molecule has 0 radical (unpaired) electrons. The molecule has 1 fully saturated rings. The van der Waals surface area contributed by atoms with Gasteiger partial charge in [-0.25, -0.2) is 4.98 Å². The van der Waals surface area contributed by atoms with Crippen LogP contribution in [0.5, 0.6) is 0 Å². The average Bonchev–Trinajstić information content (AvgIpc) is 3.00. The van der Waals surface area contributed by atoms with Gasteiger partial charge in [0.05, 0.1) is 12.1 Å². The molecule has 2 aliphatic rings. The summed E-state index contributed by atoms with van der Waals surface area (Å²) < 4.78 is 39.7. The molecule has 2 N–H and O–H groups in total. The van der Waals surface area contributed by atoms with Crippen molar-refractivity contribution in [1.82, 2.24) is 4.98 Å². The molecule has 1 amide bonds. The van der Waals surface area contributed by atoms with Gasteiger partial charge in [0.25, 0.3) is 5.91 Å². The summed E-state index contributed by atoms with van der Waals surface area (Å²) in [4.78, 5) is 21.7.